The Hall–Kier alpha value is -2.53. The van der Waals surface area contributed by atoms with Crippen molar-refractivity contribution >= 4 is 29.2 Å². The van der Waals surface area contributed by atoms with E-state index in [4.69, 9.17) is 22.1 Å². The SMILES string of the molecule is CCC[C@@H](NC(=O)COC(=O)c1cc(Cl)ccc1N)c1ccccc1. The summed E-state index contributed by atoms with van der Waals surface area (Å²) in [5, 5.41) is 3.27. The Morgan fingerprint density at radius 2 is 1.92 bits per heavy atom. The molecule has 0 bridgehead atoms. The predicted molar refractivity (Wildman–Crippen MR) is 98.4 cm³/mol. The molecule has 2 aromatic rings. The first-order chi connectivity index (χ1) is 12.0. The lowest BCUT2D eigenvalue weighted by Crippen LogP contribution is -2.32. The summed E-state index contributed by atoms with van der Waals surface area (Å²) in [5.41, 5.74) is 7.15. The van der Waals surface area contributed by atoms with Crippen molar-refractivity contribution in [3.05, 3.63) is 64.7 Å². The number of nitrogen functional groups attached to an aromatic ring is 1. The maximum atomic E-state index is 12.1. The summed E-state index contributed by atoms with van der Waals surface area (Å²) in [6.45, 7) is 1.67. The predicted octanol–water partition coefficient (Wildman–Crippen LogP) is 3.74. The number of carbonyl (C=O) groups is 2. The Morgan fingerprint density at radius 1 is 1.20 bits per heavy atom. The fourth-order valence-electron chi connectivity index (χ4n) is 2.45. The van der Waals surface area contributed by atoms with Gasteiger partial charge in [0.05, 0.1) is 11.6 Å². The van der Waals surface area contributed by atoms with Crippen LogP contribution in [0.2, 0.25) is 5.02 Å². The van der Waals surface area contributed by atoms with Crippen LogP contribution in [0.3, 0.4) is 0 Å². The zero-order valence-electron chi connectivity index (χ0n) is 14.0. The van der Waals surface area contributed by atoms with E-state index in [-0.39, 0.29) is 29.8 Å². The highest BCUT2D eigenvalue weighted by Gasteiger charge is 2.17. The maximum absolute atomic E-state index is 12.1. The van der Waals surface area contributed by atoms with E-state index >= 15 is 0 Å². The van der Waals surface area contributed by atoms with Crippen molar-refractivity contribution < 1.29 is 14.3 Å². The number of esters is 1. The van der Waals surface area contributed by atoms with Gasteiger partial charge in [-0.15, -0.1) is 0 Å². The highest BCUT2D eigenvalue weighted by molar-refractivity contribution is 6.31. The lowest BCUT2D eigenvalue weighted by molar-refractivity contribution is -0.125. The first-order valence-corrected chi connectivity index (χ1v) is 8.45. The highest BCUT2D eigenvalue weighted by atomic mass is 35.5. The number of hydrogen-bond acceptors (Lipinski definition) is 4. The van der Waals surface area contributed by atoms with Gasteiger partial charge in [0, 0.05) is 10.7 Å². The maximum Gasteiger partial charge on any atom is 0.340 e. The van der Waals surface area contributed by atoms with E-state index in [1.165, 1.54) is 12.1 Å². The molecule has 0 aliphatic heterocycles. The minimum absolute atomic E-state index is 0.117. The lowest BCUT2D eigenvalue weighted by atomic mass is 10.0. The molecule has 3 N–H and O–H groups in total. The summed E-state index contributed by atoms with van der Waals surface area (Å²) < 4.78 is 5.05. The lowest BCUT2D eigenvalue weighted by Gasteiger charge is -2.18. The number of anilines is 1. The van der Waals surface area contributed by atoms with Crippen LogP contribution in [0.5, 0.6) is 0 Å². The van der Waals surface area contributed by atoms with Gasteiger partial charge in [-0.1, -0.05) is 55.3 Å². The van der Waals surface area contributed by atoms with Crippen molar-refractivity contribution in [1.82, 2.24) is 5.32 Å². The number of hydrogen-bond donors (Lipinski definition) is 2. The molecule has 0 aromatic heterocycles. The quantitative estimate of drug-likeness (QED) is 0.582. The van der Waals surface area contributed by atoms with Crippen LogP contribution in [0.1, 0.15) is 41.7 Å². The number of benzene rings is 2. The third kappa shape index (κ3) is 5.50. The van der Waals surface area contributed by atoms with E-state index < -0.39 is 5.97 Å². The molecule has 2 rings (SSSR count). The number of amides is 1. The van der Waals surface area contributed by atoms with Gasteiger partial charge in [-0.25, -0.2) is 4.79 Å². The van der Waals surface area contributed by atoms with Crippen LogP contribution in [0.25, 0.3) is 0 Å². The molecule has 0 aliphatic rings. The van der Waals surface area contributed by atoms with E-state index in [0.717, 1.165) is 18.4 Å². The molecule has 0 saturated carbocycles. The minimum atomic E-state index is -0.679. The third-order valence-electron chi connectivity index (χ3n) is 3.68. The van der Waals surface area contributed by atoms with E-state index in [0.29, 0.717) is 5.02 Å². The van der Waals surface area contributed by atoms with Gasteiger partial charge in [-0.2, -0.15) is 0 Å². The third-order valence-corrected chi connectivity index (χ3v) is 3.92. The molecule has 0 aliphatic carbocycles. The largest absolute Gasteiger partial charge is 0.452 e. The molecule has 1 atom stereocenters. The zero-order chi connectivity index (χ0) is 18.2. The molecule has 0 radical (unpaired) electrons. The van der Waals surface area contributed by atoms with Crippen LogP contribution in [-0.4, -0.2) is 18.5 Å². The summed E-state index contributed by atoms with van der Waals surface area (Å²) >= 11 is 5.85. The fraction of sp³-hybridized carbons (Fsp3) is 0.263. The Balaban J connectivity index is 1.94. The molecule has 25 heavy (non-hydrogen) atoms. The first-order valence-electron chi connectivity index (χ1n) is 8.07. The van der Waals surface area contributed by atoms with E-state index in [9.17, 15) is 9.59 Å². The van der Waals surface area contributed by atoms with Gasteiger partial charge in [-0.05, 0) is 30.2 Å². The molecule has 5 nitrogen and oxygen atoms in total. The Morgan fingerprint density at radius 3 is 2.60 bits per heavy atom. The first kappa shape index (κ1) is 18.8. The van der Waals surface area contributed by atoms with Crippen LogP contribution in [-0.2, 0) is 9.53 Å². The fourth-order valence-corrected chi connectivity index (χ4v) is 2.62. The van der Waals surface area contributed by atoms with Gasteiger partial charge in [0.25, 0.3) is 5.91 Å². The number of halogens is 1. The summed E-state index contributed by atoms with van der Waals surface area (Å²) in [5.74, 6) is -1.04. The van der Waals surface area contributed by atoms with Crippen LogP contribution in [0.15, 0.2) is 48.5 Å². The number of ether oxygens (including phenoxy) is 1. The van der Waals surface area contributed by atoms with Gasteiger partial charge in [0.1, 0.15) is 0 Å². The van der Waals surface area contributed by atoms with Crippen molar-refractivity contribution in [1.29, 1.82) is 0 Å². The average molecular weight is 361 g/mol. The standard InChI is InChI=1S/C19H21ClN2O3/c1-2-6-17(13-7-4-3-5-8-13)22-18(23)12-25-19(24)15-11-14(20)9-10-16(15)21/h3-5,7-11,17H,2,6,12,21H2,1H3,(H,22,23)/t17-/m1/s1. The molecule has 0 unspecified atom stereocenters. The summed E-state index contributed by atoms with van der Waals surface area (Å²) in [6.07, 6.45) is 1.71. The zero-order valence-corrected chi connectivity index (χ0v) is 14.8. The second-order valence-electron chi connectivity index (χ2n) is 5.63. The smallest absolute Gasteiger partial charge is 0.340 e. The molecule has 6 heteroatoms. The van der Waals surface area contributed by atoms with Crippen molar-refractivity contribution in [3.8, 4) is 0 Å². The minimum Gasteiger partial charge on any atom is -0.452 e. The number of nitrogens with one attached hydrogen (secondary N) is 1. The van der Waals surface area contributed by atoms with Gasteiger partial charge < -0.3 is 15.8 Å². The molecule has 0 spiro atoms. The van der Waals surface area contributed by atoms with Gasteiger partial charge in [0.15, 0.2) is 6.61 Å². The van der Waals surface area contributed by atoms with Crippen LogP contribution in [0, 0.1) is 0 Å². The number of rotatable bonds is 7. The van der Waals surface area contributed by atoms with E-state index in [2.05, 4.69) is 5.32 Å². The summed E-state index contributed by atoms with van der Waals surface area (Å²) in [7, 11) is 0. The second kappa shape index (κ2) is 9.08. The van der Waals surface area contributed by atoms with Crippen molar-refractivity contribution in [2.75, 3.05) is 12.3 Å². The summed E-state index contributed by atoms with van der Waals surface area (Å²) in [6, 6.07) is 14.1. The van der Waals surface area contributed by atoms with Gasteiger partial charge in [0.2, 0.25) is 0 Å². The molecule has 2 aromatic carbocycles. The van der Waals surface area contributed by atoms with Gasteiger partial charge in [-0.3, -0.25) is 4.79 Å². The van der Waals surface area contributed by atoms with E-state index in [1.54, 1.807) is 6.07 Å². The van der Waals surface area contributed by atoms with Crippen molar-refractivity contribution in [2.45, 2.75) is 25.8 Å². The van der Waals surface area contributed by atoms with Crippen molar-refractivity contribution in [3.63, 3.8) is 0 Å². The molecular weight excluding hydrogens is 340 g/mol. The molecule has 0 heterocycles. The van der Waals surface area contributed by atoms with Crippen LogP contribution in [0.4, 0.5) is 5.69 Å². The molecule has 0 saturated heterocycles. The molecule has 132 valence electrons. The molecule has 1 amide bonds. The van der Waals surface area contributed by atoms with Crippen molar-refractivity contribution in [2.24, 2.45) is 0 Å². The topological polar surface area (TPSA) is 81.4 Å². The van der Waals surface area contributed by atoms with Crippen LogP contribution < -0.4 is 11.1 Å². The number of nitrogens with two attached hydrogens (primary N) is 1. The second-order valence-corrected chi connectivity index (χ2v) is 6.06. The molecular formula is C19H21ClN2O3. The summed E-state index contributed by atoms with van der Waals surface area (Å²) in [4.78, 5) is 24.2. The average Bonchev–Trinajstić information content (AvgIpc) is 2.62. The monoisotopic (exact) mass is 360 g/mol. The Kier molecular flexibility index (Phi) is 6.83. The Bertz CT molecular complexity index is 735. The van der Waals surface area contributed by atoms with E-state index in [1.807, 2.05) is 37.3 Å². The molecule has 0 fully saturated rings. The van der Waals surface area contributed by atoms with Crippen LogP contribution >= 0.6 is 11.6 Å². The highest BCUT2D eigenvalue weighted by Crippen LogP contribution is 2.19. The normalized spacial score (nSPS) is 11.6. The number of carbonyl (C=O) groups excluding carboxylic acids is 2. The van der Waals surface area contributed by atoms with Gasteiger partial charge >= 0.3 is 5.97 Å². The Labute approximate surface area is 152 Å².